The molecule has 8 nitrogen and oxygen atoms in total. The second-order valence-electron chi connectivity index (χ2n) is 8.35. The third kappa shape index (κ3) is 8.07. The van der Waals surface area contributed by atoms with Gasteiger partial charge in [-0.3, -0.25) is 4.57 Å². The fraction of sp³-hybridized carbons (Fsp3) is 0.500. The first-order valence-electron chi connectivity index (χ1n) is 11.2. The van der Waals surface area contributed by atoms with Crippen LogP contribution in [0.3, 0.4) is 0 Å². The van der Waals surface area contributed by atoms with Gasteiger partial charge in [0.25, 0.3) is 5.63 Å². The zero-order valence-corrected chi connectivity index (χ0v) is 23.2. The van der Waals surface area contributed by atoms with Crippen molar-refractivity contribution in [2.24, 2.45) is 0 Å². The minimum atomic E-state index is -4.27. The van der Waals surface area contributed by atoms with Crippen molar-refractivity contribution < 1.29 is 45.7 Å². The molecule has 0 aliphatic rings. The third-order valence-electron chi connectivity index (χ3n) is 4.68. The van der Waals surface area contributed by atoms with E-state index in [2.05, 4.69) is 10.1 Å². The maximum atomic E-state index is 14.3. The van der Waals surface area contributed by atoms with Crippen LogP contribution in [0.1, 0.15) is 39.0 Å². The summed E-state index contributed by atoms with van der Waals surface area (Å²) in [6.07, 6.45) is -5.28. The van der Waals surface area contributed by atoms with Gasteiger partial charge in [-0.05, 0) is 57.5 Å². The van der Waals surface area contributed by atoms with Crippen molar-refractivity contribution in [1.82, 2.24) is 0 Å². The molecule has 0 saturated carbocycles. The molecule has 0 aliphatic carbocycles. The van der Waals surface area contributed by atoms with Gasteiger partial charge in [-0.25, -0.2) is 4.39 Å². The number of halogens is 4. The Morgan fingerprint density at radius 1 is 0.919 bits per heavy atom. The molecule has 2 aromatic carbocycles. The number of rotatable bonds is 14. The number of hydrogen-bond donors (Lipinski definition) is 1. The van der Waals surface area contributed by atoms with Gasteiger partial charge in [-0.15, -0.1) is 0 Å². The topological polar surface area (TPSA) is 84.5 Å². The SMILES string of the molecule is COc1cc(C(Nc2cccc(OC(F)(F)C(F)Cl)c2)P(=O)(OC(C)C)OC(C)C)cc(OC)c1OC. The third-order valence-corrected chi connectivity index (χ3v) is 7.42. The Hall–Kier alpha value is -2.33. The molecule has 0 aliphatic heterocycles. The van der Waals surface area contributed by atoms with Gasteiger partial charge in [0.1, 0.15) is 5.75 Å². The predicted molar refractivity (Wildman–Crippen MR) is 135 cm³/mol. The van der Waals surface area contributed by atoms with Crippen molar-refractivity contribution >= 4 is 24.9 Å². The fourth-order valence-electron chi connectivity index (χ4n) is 3.35. The van der Waals surface area contributed by atoms with Crippen LogP contribution in [0.5, 0.6) is 23.0 Å². The van der Waals surface area contributed by atoms with E-state index in [1.54, 1.807) is 39.8 Å². The van der Waals surface area contributed by atoms with Crippen LogP contribution < -0.4 is 24.3 Å². The first-order valence-corrected chi connectivity index (χ1v) is 13.3. The second-order valence-corrected chi connectivity index (χ2v) is 10.7. The lowest BCUT2D eigenvalue weighted by molar-refractivity contribution is -0.199. The van der Waals surface area contributed by atoms with Crippen LogP contribution in [0.15, 0.2) is 36.4 Å². The summed E-state index contributed by atoms with van der Waals surface area (Å²) >= 11 is 4.90. The second kappa shape index (κ2) is 13.0. The molecule has 1 N–H and O–H groups in total. The monoisotopic (exact) mass is 569 g/mol. The van der Waals surface area contributed by atoms with Crippen molar-refractivity contribution in [3.8, 4) is 23.0 Å². The lowest BCUT2D eigenvalue weighted by Gasteiger charge is -2.32. The Kier molecular flexibility index (Phi) is 10.8. The van der Waals surface area contributed by atoms with Gasteiger partial charge in [-0.2, -0.15) is 8.78 Å². The molecular weight excluding hydrogens is 538 g/mol. The normalized spacial score (nSPS) is 13.9. The number of hydrogen-bond acceptors (Lipinski definition) is 8. The molecule has 13 heteroatoms. The van der Waals surface area contributed by atoms with Crippen LogP contribution in [0.2, 0.25) is 0 Å². The number of anilines is 1. The minimum absolute atomic E-state index is 0.192. The van der Waals surface area contributed by atoms with Gasteiger partial charge in [0, 0.05) is 11.8 Å². The van der Waals surface area contributed by atoms with Crippen LogP contribution in [-0.2, 0) is 13.6 Å². The maximum absolute atomic E-state index is 14.3. The standard InChI is InChI=1S/C24H32ClF3NO7P/c1-14(2)35-37(30,36-15(3)4)22(16-11-19(31-5)21(33-7)20(12-16)32-6)29-17-9-8-10-18(13-17)34-24(27,28)23(25)26/h8-15,22-23,29H,1-7H3. The Morgan fingerprint density at radius 3 is 1.89 bits per heavy atom. The highest BCUT2D eigenvalue weighted by Crippen LogP contribution is 2.63. The number of alkyl halides is 4. The van der Waals surface area contributed by atoms with Crippen LogP contribution >= 0.6 is 19.2 Å². The summed E-state index contributed by atoms with van der Waals surface area (Å²) in [6.45, 7) is 6.77. The molecule has 0 saturated heterocycles. The smallest absolute Gasteiger partial charge is 0.444 e. The Morgan fingerprint density at radius 2 is 1.46 bits per heavy atom. The molecule has 0 aromatic heterocycles. The fourth-order valence-corrected chi connectivity index (χ4v) is 5.68. The van der Waals surface area contributed by atoms with Crippen LogP contribution in [0.25, 0.3) is 0 Å². The molecule has 0 heterocycles. The predicted octanol–water partition coefficient (Wildman–Crippen LogP) is 7.37. The van der Waals surface area contributed by atoms with E-state index in [0.29, 0.717) is 11.3 Å². The van der Waals surface area contributed by atoms with Crippen LogP contribution in [0.4, 0.5) is 18.9 Å². The average molecular weight is 570 g/mol. The average Bonchev–Trinajstić information content (AvgIpc) is 2.80. The Bertz CT molecular complexity index is 1050. The molecule has 0 spiro atoms. The summed E-state index contributed by atoms with van der Waals surface area (Å²) in [5.74, 6) is -0.708. The van der Waals surface area contributed by atoms with Gasteiger partial charge in [0.05, 0.1) is 33.5 Å². The summed E-state index contributed by atoms with van der Waals surface area (Å²) in [5.41, 5.74) is -2.51. The highest BCUT2D eigenvalue weighted by atomic mass is 35.5. The number of nitrogens with one attached hydrogen (secondary N) is 1. The quantitative estimate of drug-likeness (QED) is 0.186. The number of methoxy groups -OCH3 is 3. The molecular formula is C24H32ClF3NO7P. The molecule has 2 rings (SSSR count). The Labute approximate surface area is 219 Å². The largest absolute Gasteiger partial charge is 0.493 e. The summed E-state index contributed by atoms with van der Waals surface area (Å²) < 4.78 is 87.1. The van der Waals surface area contributed by atoms with E-state index in [4.69, 9.17) is 34.9 Å². The van der Waals surface area contributed by atoms with Crippen molar-refractivity contribution in [3.63, 3.8) is 0 Å². The van der Waals surface area contributed by atoms with Crippen LogP contribution in [0, 0.1) is 0 Å². The number of ether oxygens (including phenoxy) is 4. The first kappa shape index (κ1) is 30.9. The summed E-state index contributed by atoms with van der Waals surface area (Å²) in [5, 5.41) is 3.03. The van der Waals surface area contributed by atoms with Crippen LogP contribution in [-0.4, -0.2) is 45.3 Å². The summed E-state index contributed by atoms with van der Waals surface area (Å²) in [7, 11) is 0.271. The van der Waals surface area contributed by atoms with Gasteiger partial charge in [0.2, 0.25) is 5.75 Å². The van der Waals surface area contributed by atoms with Gasteiger partial charge in [0.15, 0.2) is 17.3 Å². The molecule has 0 amide bonds. The lowest BCUT2D eigenvalue weighted by Crippen LogP contribution is -2.32. The molecule has 0 fully saturated rings. The van der Waals surface area contributed by atoms with Gasteiger partial charge < -0.3 is 33.3 Å². The lowest BCUT2D eigenvalue weighted by atomic mass is 10.1. The van der Waals surface area contributed by atoms with Gasteiger partial charge in [-0.1, -0.05) is 17.7 Å². The maximum Gasteiger partial charge on any atom is 0.444 e. The zero-order chi connectivity index (χ0) is 28.0. The van der Waals surface area contributed by atoms with Gasteiger partial charge >= 0.3 is 13.7 Å². The molecule has 2 aromatic rings. The van der Waals surface area contributed by atoms with E-state index < -0.39 is 37.3 Å². The van der Waals surface area contributed by atoms with Crippen molar-refractivity contribution in [2.75, 3.05) is 26.6 Å². The van der Waals surface area contributed by atoms with E-state index in [1.807, 2.05) is 0 Å². The van der Waals surface area contributed by atoms with Crippen molar-refractivity contribution in [3.05, 3.63) is 42.0 Å². The molecule has 0 bridgehead atoms. The highest BCUT2D eigenvalue weighted by Gasteiger charge is 2.43. The highest BCUT2D eigenvalue weighted by molar-refractivity contribution is 7.54. The molecule has 2 atom stereocenters. The van der Waals surface area contributed by atoms with Crippen molar-refractivity contribution in [2.45, 2.75) is 57.4 Å². The van der Waals surface area contributed by atoms with E-state index in [-0.39, 0.29) is 22.9 Å². The minimum Gasteiger partial charge on any atom is -0.493 e. The first-order chi connectivity index (χ1) is 17.3. The van der Waals surface area contributed by atoms with Crippen molar-refractivity contribution in [1.29, 1.82) is 0 Å². The summed E-state index contributed by atoms with van der Waals surface area (Å²) in [6, 6.07) is 8.40. The summed E-state index contributed by atoms with van der Waals surface area (Å²) in [4.78, 5) is 0. The number of benzene rings is 2. The zero-order valence-electron chi connectivity index (χ0n) is 21.6. The molecule has 208 valence electrons. The molecule has 0 radical (unpaired) electrons. The molecule has 2 unspecified atom stereocenters. The van der Waals surface area contributed by atoms with E-state index in [9.17, 15) is 17.7 Å². The molecule has 37 heavy (non-hydrogen) atoms. The van der Waals surface area contributed by atoms with E-state index in [1.165, 1.54) is 45.6 Å². The van der Waals surface area contributed by atoms with E-state index in [0.717, 1.165) is 0 Å². The Balaban J connectivity index is 2.67. The van der Waals surface area contributed by atoms with E-state index >= 15 is 0 Å².